The minimum Gasteiger partial charge on any atom is -0.355 e. The van der Waals surface area contributed by atoms with Gasteiger partial charge in [0.1, 0.15) is 5.69 Å². The van der Waals surface area contributed by atoms with Gasteiger partial charge in [0.15, 0.2) is 5.76 Å². The molecule has 0 radical (unpaired) electrons. The van der Waals surface area contributed by atoms with Gasteiger partial charge in [0, 0.05) is 23.2 Å². The Balaban J connectivity index is 1.64. The molecule has 0 spiro atoms. The minimum absolute atomic E-state index is 0.609. The standard InChI is InChI=1S/C17H10ClN3OS/c18-17-4-3-16(23-17)15-8-13(20-22-15)10-21-6-5-12-7-11(9-19)1-2-14(12)21/h1-8H,10H2. The Morgan fingerprint density at radius 3 is 2.91 bits per heavy atom. The van der Waals surface area contributed by atoms with Crippen LogP contribution >= 0.6 is 22.9 Å². The maximum absolute atomic E-state index is 8.96. The number of thiophene rings is 1. The van der Waals surface area contributed by atoms with Gasteiger partial charge in [-0.05, 0) is 36.4 Å². The molecule has 4 rings (SSSR count). The molecule has 0 fully saturated rings. The highest BCUT2D eigenvalue weighted by atomic mass is 35.5. The quantitative estimate of drug-likeness (QED) is 0.531. The second-order valence-electron chi connectivity index (χ2n) is 5.12. The molecule has 0 aliphatic rings. The van der Waals surface area contributed by atoms with Gasteiger partial charge >= 0.3 is 0 Å². The third-order valence-corrected chi connectivity index (χ3v) is 4.85. The molecule has 0 unspecified atom stereocenters. The number of halogens is 1. The molecule has 0 aliphatic carbocycles. The van der Waals surface area contributed by atoms with Crippen molar-refractivity contribution in [2.45, 2.75) is 6.54 Å². The van der Waals surface area contributed by atoms with Crippen molar-refractivity contribution in [2.75, 3.05) is 0 Å². The van der Waals surface area contributed by atoms with Gasteiger partial charge in [0.05, 0.1) is 27.4 Å². The van der Waals surface area contributed by atoms with Crippen LogP contribution < -0.4 is 0 Å². The highest BCUT2D eigenvalue weighted by molar-refractivity contribution is 7.19. The van der Waals surface area contributed by atoms with Gasteiger partial charge in [0.2, 0.25) is 0 Å². The van der Waals surface area contributed by atoms with Crippen molar-refractivity contribution in [2.24, 2.45) is 0 Å². The van der Waals surface area contributed by atoms with Gasteiger partial charge in [-0.2, -0.15) is 5.26 Å². The number of nitrogens with zero attached hydrogens (tertiary/aromatic N) is 3. The summed E-state index contributed by atoms with van der Waals surface area (Å²) in [6.07, 6.45) is 1.99. The second-order valence-corrected chi connectivity index (χ2v) is 6.83. The summed E-state index contributed by atoms with van der Waals surface area (Å²) in [6, 6.07) is 15.5. The highest BCUT2D eigenvalue weighted by Gasteiger charge is 2.10. The topological polar surface area (TPSA) is 54.8 Å². The maximum Gasteiger partial charge on any atom is 0.177 e. The lowest BCUT2D eigenvalue weighted by Gasteiger charge is -2.02. The van der Waals surface area contributed by atoms with Crippen molar-refractivity contribution in [3.8, 4) is 16.7 Å². The normalized spacial score (nSPS) is 11.0. The van der Waals surface area contributed by atoms with Crippen molar-refractivity contribution in [1.29, 1.82) is 5.26 Å². The Labute approximate surface area is 141 Å². The molecule has 0 saturated carbocycles. The van der Waals surface area contributed by atoms with Crippen LogP contribution in [0.4, 0.5) is 0 Å². The number of benzene rings is 1. The van der Waals surface area contributed by atoms with Crippen molar-refractivity contribution < 1.29 is 4.52 Å². The monoisotopic (exact) mass is 339 g/mol. The first-order valence-electron chi connectivity index (χ1n) is 6.93. The lowest BCUT2D eigenvalue weighted by Crippen LogP contribution is -1.97. The fourth-order valence-corrected chi connectivity index (χ4v) is 3.52. The van der Waals surface area contributed by atoms with E-state index in [1.54, 1.807) is 0 Å². The van der Waals surface area contributed by atoms with E-state index in [4.69, 9.17) is 21.4 Å². The summed E-state index contributed by atoms with van der Waals surface area (Å²) in [5.41, 5.74) is 2.56. The summed E-state index contributed by atoms with van der Waals surface area (Å²) in [4.78, 5) is 0.963. The summed E-state index contributed by atoms with van der Waals surface area (Å²) in [5.74, 6) is 0.722. The predicted molar refractivity (Wildman–Crippen MR) is 90.6 cm³/mol. The van der Waals surface area contributed by atoms with Gasteiger partial charge in [-0.15, -0.1) is 11.3 Å². The van der Waals surface area contributed by atoms with Crippen LogP contribution in [0, 0.1) is 11.3 Å². The van der Waals surface area contributed by atoms with E-state index in [0.717, 1.165) is 31.6 Å². The summed E-state index contributed by atoms with van der Waals surface area (Å²) in [7, 11) is 0. The van der Waals surface area contributed by atoms with Crippen LogP contribution in [0.3, 0.4) is 0 Å². The lowest BCUT2D eigenvalue weighted by atomic mass is 10.2. The molecule has 0 saturated heterocycles. The molecular formula is C17H10ClN3OS. The summed E-state index contributed by atoms with van der Waals surface area (Å²) in [5, 5.41) is 14.1. The van der Waals surface area contributed by atoms with E-state index in [0.29, 0.717) is 12.1 Å². The van der Waals surface area contributed by atoms with Crippen LogP contribution in [0.5, 0.6) is 0 Å². The lowest BCUT2D eigenvalue weighted by molar-refractivity contribution is 0.422. The molecule has 1 aromatic carbocycles. The largest absolute Gasteiger partial charge is 0.355 e. The Kier molecular flexibility index (Phi) is 3.41. The first-order chi connectivity index (χ1) is 11.2. The molecule has 0 bridgehead atoms. The summed E-state index contributed by atoms with van der Waals surface area (Å²) < 4.78 is 8.21. The molecule has 4 aromatic rings. The van der Waals surface area contributed by atoms with Crippen molar-refractivity contribution in [3.05, 3.63) is 64.3 Å². The zero-order valence-electron chi connectivity index (χ0n) is 11.9. The Morgan fingerprint density at radius 2 is 2.13 bits per heavy atom. The molecule has 112 valence electrons. The van der Waals surface area contributed by atoms with Gasteiger partial charge in [-0.25, -0.2) is 0 Å². The Hall–Kier alpha value is -2.55. The van der Waals surface area contributed by atoms with E-state index in [2.05, 4.69) is 15.8 Å². The van der Waals surface area contributed by atoms with E-state index in [1.165, 1.54) is 11.3 Å². The molecule has 23 heavy (non-hydrogen) atoms. The smallest absolute Gasteiger partial charge is 0.177 e. The summed E-state index contributed by atoms with van der Waals surface area (Å²) in [6.45, 7) is 0.609. The van der Waals surface area contributed by atoms with Crippen LogP contribution in [0.15, 0.2) is 53.2 Å². The van der Waals surface area contributed by atoms with E-state index in [1.807, 2.05) is 48.7 Å². The van der Waals surface area contributed by atoms with Gasteiger partial charge < -0.3 is 9.09 Å². The molecule has 0 atom stereocenters. The summed E-state index contributed by atoms with van der Waals surface area (Å²) >= 11 is 7.41. The van der Waals surface area contributed by atoms with Crippen molar-refractivity contribution in [3.63, 3.8) is 0 Å². The molecule has 6 heteroatoms. The SMILES string of the molecule is N#Cc1ccc2c(ccn2Cc2cc(-c3ccc(Cl)s3)on2)c1. The molecular weight excluding hydrogens is 330 g/mol. The number of hydrogen-bond donors (Lipinski definition) is 0. The Bertz CT molecular complexity index is 1040. The van der Waals surface area contributed by atoms with Crippen LogP contribution in [-0.4, -0.2) is 9.72 Å². The zero-order chi connectivity index (χ0) is 15.8. The van der Waals surface area contributed by atoms with E-state index in [-0.39, 0.29) is 0 Å². The van der Waals surface area contributed by atoms with Crippen LogP contribution in [0.25, 0.3) is 21.5 Å². The fraction of sp³-hybridized carbons (Fsp3) is 0.0588. The van der Waals surface area contributed by atoms with Crippen molar-refractivity contribution >= 4 is 33.8 Å². The average Bonchev–Trinajstić information content (AvgIpc) is 3.28. The van der Waals surface area contributed by atoms with E-state index >= 15 is 0 Å². The number of nitriles is 1. The fourth-order valence-electron chi connectivity index (χ4n) is 2.53. The number of rotatable bonds is 3. The predicted octanol–water partition coefficient (Wildman–Crippen LogP) is 4.93. The molecule has 4 nitrogen and oxygen atoms in total. The first-order valence-corrected chi connectivity index (χ1v) is 8.13. The second kappa shape index (κ2) is 5.58. The number of fused-ring (bicyclic) bond motifs is 1. The number of aromatic nitrogens is 2. The van der Waals surface area contributed by atoms with E-state index in [9.17, 15) is 0 Å². The van der Waals surface area contributed by atoms with Crippen LogP contribution in [-0.2, 0) is 6.54 Å². The molecule has 0 amide bonds. The molecule has 0 aliphatic heterocycles. The van der Waals surface area contributed by atoms with Gasteiger partial charge in [-0.1, -0.05) is 16.8 Å². The van der Waals surface area contributed by atoms with Crippen LogP contribution in [0.1, 0.15) is 11.3 Å². The average molecular weight is 340 g/mol. The first kappa shape index (κ1) is 14.1. The molecule has 3 heterocycles. The molecule has 3 aromatic heterocycles. The van der Waals surface area contributed by atoms with Gasteiger partial charge in [0.25, 0.3) is 0 Å². The zero-order valence-corrected chi connectivity index (χ0v) is 13.4. The van der Waals surface area contributed by atoms with Crippen molar-refractivity contribution in [1.82, 2.24) is 9.72 Å². The Morgan fingerprint density at radius 1 is 1.22 bits per heavy atom. The van der Waals surface area contributed by atoms with Crippen LogP contribution in [0.2, 0.25) is 4.34 Å². The molecule has 0 N–H and O–H groups in total. The third kappa shape index (κ3) is 2.63. The maximum atomic E-state index is 8.96. The number of hydrogen-bond acceptors (Lipinski definition) is 4. The minimum atomic E-state index is 0.609. The van der Waals surface area contributed by atoms with E-state index < -0.39 is 0 Å². The van der Waals surface area contributed by atoms with Gasteiger partial charge in [-0.3, -0.25) is 0 Å². The third-order valence-electron chi connectivity index (χ3n) is 3.61. The highest BCUT2D eigenvalue weighted by Crippen LogP contribution is 2.31.